The van der Waals surface area contributed by atoms with E-state index in [2.05, 4.69) is 17.3 Å². The van der Waals surface area contributed by atoms with Gasteiger partial charge in [0.05, 0.1) is 10.7 Å². The summed E-state index contributed by atoms with van der Waals surface area (Å²) in [5.41, 5.74) is 7.47. The first kappa shape index (κ1) is 10.1. The second-order valence-electron chi connectivity index (χ2n) is 4.38. The standard InChI is InChI=1S/C11H18N2S/c1-2-4-10-13-9(8-14-10)7-11(12)5-3-6-11/h8H,2-7,12H2,1H3. The SMILES string of the molecule is CCCc1nc(CC2(N)CCC2)cs1. The van der Waals surface area contributed by atoms with Crippen molar-refractivity contribution in [2.24, 2.45) is 5.73 Å². The minimum absolute atomic E-state index is 0.0809. The summed E-state index contributed by atoms with van der Waals surface area (Å²) in [6.07, 6.45) is 6.92. The number of nitrogens with zero attached hydrogens (tertiary/aromatic N) is 1. The van der Waals surface area contributed by atoms with Crippen LogP contribution in [0.3, 0.4) is 0 Å². The summed E-state index contributed by atoms with van der Waals surface area (Å²) in [6, 6.07) is 0. The molecule has 0 aromatic carbocycles. The van der Waals surface area contributed by atoms with Crippen molar-refractivity contribution < 1.29 is 0 Å². The van der Waals surface area contributed by atoms with Crippen molar-refractivity contribution >= 4 is 11.3 Å². The Kier molecular flexibility index (Phi) is 2.88. The molecule has 1 fully saturated rings. The Bertz CT molecular complexity index is 302. The lowest BCUT2D eigenvalue weighted by Crippen LogP contribution is -2.48. The average molecular weight is 210 g/mol. The van der Waals surface area contributed by atoms with Crippen molar-refractivity contribution in [1.29, 1.82) is 0 Å². The molecule has 1 aliphatic rings. The van der Waals surface area contributed by atoms with Crippen LogP contribution in [-0.4, -0.2) is 10.5 Å². The summed E-state index contributed by atoms with van der Waals surface area (Å²) in [7, 11) is 0. The van der Waals surface area contributed by atoms with E-state index in [0.29, 0.717) is 0 Å². The fourth-order valence-electron chi connectivity index (χ4n) is 1.93. The Hall–Kier alpha value is -0.410. The monoisotopic (exact) mass is 210 g/mol. The highest BCUT2D eigenvalue weighted by molar-refractivity contribution is 7.09. The second-order valence-corrected chi connectivity index (χ2v) is 5.32. The summed E-state index contributed by atoms with van der Waals surface area (Å²) >= 11 is 1.78. The van der Waals surface area contributed by atoms with Gasteiger partial charge in [0.25, 0.3) is 0 Å². The van der Waals surface area contributed by atoms with Gasteiger partial charge in [-0.3, -0.25) is 0 Å². The molecule has 1 aliphatic carbocycles. The zero-order valence-electron chi connectivity index (χ0n) is 8.75. The van der Waals surface area contributed by atoms with Crippen molar-refractivity contribution in [2.45, 2.75) is 51.0 Å². The molecule has 2 nitrogen and oxygen atoms in total. The lowest BCUT2D eigenvalue weighted by Gasteiger charge is -2.37. The highest BCUT2D eigenvalue weighted by Crippen LogP contribution is 2.32. The largest absolute Gasteiger partial charge is 0.325 e. The van der Waals surface area contributed by atoms with Gasteiger partial charge < -0.3 is 5.73 Å². The maximum Gasteiger partial charge on any atom is 0.0928 e. The lowest BCUT2D eigenvalue weighted by molar-refractivity contribution is 0.246. The number of hydrogen-bond donors (Lipinski definition) is 1. The maximum absolute atomic E-state index is 6.18. The van der Waals surface area contributed by atoms with E-state index < -0.39 is 0 Å². The van der Waals surface area contributed by atoms with Gasteiger partial charge in [-0.05, 0) is 32.1 Å². The minimum Gasteiger partial charge on any atom is -0.325 e. The van der Waals surface area contributed by atoms with Crippen molar-refractivity contribution in [2.75, 3.05) is 0 Å². The summed E-state index contributed by atoms with van der Waals surface area (Å²) < 4.78 is 0. The number of aryl methyl sites for hydroxylation is 1. The molecule has 14 heavy (non-hydrogen) atoms. The van der Waals surface area contributed by atoms with Crippen molar-refractivity contribution in [3.63, 3.8) is 0 Å². The van der Waals surface area contributed by atoms with Crippen LogP contribution in [0.4, 0.5) is 0 Å². The molecule has 0 aliphatic heterocycles. The third-order valence-corrected chi connectivity index (χ3v) is 3.90. The van der Waals surface area contributed by atoms with E-state index in [1.807, 2.05) is 0 Å². The van der Waals surface area contributed by atoms with E-state index in [9.17, 15) is 0 Å². The van der Waals surface area contributed by atoms with Crippen LogP contribution in [0.25, 0.3) is 0 Å². The van der Waals surface area contributed by atoms with Crippen molar-refractivity contribution in [1.82, 2.24) is 4.98 Å². The van der Waals surface area contributed by atoms with Crippen molar-refractivity contribution in [3.05, 3.63) is 16.1 Å². The molecule has 2 N–H and O–H groups in total. The van der Waals surface area contributed by atoms with E-state index in [1.165, 1.54) is 36.4 Å². The molecule has 3 heteroatoms. The molecular formula is C11H18N2S. The molecule has 0 bridgehead atoms. The number of nitrogens with two attached hydrogens (primary N) is 1. The molecule has 0 atom stereocenters. The molecule has 1 saturated carbocycles. The average Bonchev–Trinajstić information content (AvgIpc) is 2.51. The van der Waals surface area contributed by atoms with Gasteiger partial charge in [0.15, 0.2) is 0 Å². The van der Waals surface area contributed by atoms with E-state index in [1.54, 1.807) is 11.3 Å². The Morgan fingerprint density at radius 3 is 2.93 bits per heavy atom. The van der Waals surface area contributed by atoms with Crippen LogP contribution in [0.5, 0.6) is 0 Å². The van der Waals surface area contributed by atoms with Gasteiger partial charge in [-0.15, -0.1) is 11.3 Å². The zero-order chi connectivity index (χ0) is 10.0. The Morgan fingerprint density at radius 2 is 2.36 bits per heavy atom. The molecule has 0 radical (unpaired) electrons. The quantitative estimate of drug-likeness (QED) is 0.829. The van der Waals surface area contributed by atoms with E-state index in [-0.39, 0.29) is 5.54 Å². The van der Waals surface area contributed by atoms with Crippen LogP contribution >= 0.6 is 11.3 Å². The first-order valence-corrected chi connectivity index (χ1v) is 6.32. The highest BCUT2D eigenvalue weighted by atomic mass is 32.1. The van der Waals surface area contributed by atoms with E-state index >= 15 is 0 Å². The van der Waals surface area contributed by atoms with Crippen LogP contribution in [0.2, 0.25) is 0 Å². The topological polar surface area (TPSA) is 38.9 Å². The van der Waals surface area contributed by atoms with Gasteiger partial charge in [-0.25, -0.2) is 4.98 Å². The first-order chi connectivity index (χ1) is 6.72. The van der Waals surface area contributed by atoms with Gasteiger partial charge >= 0.3 is 0 Å². The van der Waals surface area contributed by atoms with Gasteiger partial charge in [-0.2, -0.15) is 0 Å². The Morgan fingerprint density at radius 1 is 1.57 bits per heavy atom. The smallest absolute Gasteiger partial charge is 0.0928 e. The number of rotatable bonds is 4. The lowest BCUT2D eigenvalue weighted by atomic mass is 9.75. The molecule has 0 amide bonds. The summed E-state index contributed by atoms with van der Waals surface area (Å²) in [6.45, 7) is 2.19. The van der Waals surface area contributed by atoms with E-state index in [0.717, 1.165) is 12.8 Å². The predicted molar refractivity (Wildman–Crippen MR) is 60.6 cm³/mol. The number of hydrogen-bond acceptors (Lipinski definition) is 3. The minimum atomic E-state index is 0.0809. The Labute approximate surface area is 89.5 Å². The van der Waals surface area contributed by atoms with Gasteiger partial charge in [-0.1, -0.05) is 6.92 Å². The fourth-order valence-corrected chi connectivity index (χ4v) is 2.83. The molecule has 1 aromatic heterocycles. The second kappa shape index (κ2) is 3.99. The van der Waals surface area contributed by atoms with Gasteiger partial charge in [0.2, 0.25) is 0 Å². The maximum atomic E-state index is 6.18. The molecule has 0 saturated heterocycles. The van der Waals surface area contributed by atoms with Crippen LogP contribution < -0.4 is 5.73 Å². The molecule has 78 valence electrons. The first-order valence-electron chi connectivity index (χ1n) is 5.44. The third-order valence-electron chi connectivity index (χ3n) is 2.95. The van der Waals surface area contributed by atoms with Crippen molar-refractivity contribution in [3.8, 4) is 0 Å². The normalized spacial score (nSPS) is 19.3. The summed E-state index contributed by atoms with van der Waals surface area (Å²) in [5, 5.41) is 3.45. The van der Waals surface area contributed by atoms with Crippen LogP contribution in [0, 0.1) is 0 Å². The zero-order valence-corrected chi connectivity index (χ0v) is 9.57. The van der Waals surface area contributed by atoms with Crippen LogP contribution in [0.15, 0.2) is 5.38 Å². The summed E-state index contributed by atoms with van der Waals surface area (Å²) in [5.74, 6) is 0. The number of thiazole rings is 1. The summed E-state index contributed by atoms with van der Waals surface area (Å²) in [4.78, 5) is 4.61. The predicted octanol–water partition coefficient (Wildman–Crippen LogP) is 2.52. The van der Waals surface area contributed by atoms with Crippen LogP contribution in [0.1, 0.15) is 43.3 Å². The molecule has 1 aromatic rings. The molecular weight excluding hydrogens is 192 g/mol. The number of aromatic nitrogens is 1. The Balaban J connectivity index is 1.95. The molecule has 0 spiro atoms. The van der Waals surface area contributed by atoms with E-state index in [4.69, 9.17) is 5.73 Å². The molecule has 2 rings (SSSR count). The van der Waals surface area contributed by atoms with Gasteiger partial charge in [0, 0.05) is 17.3 Å². The third kappa shape index (κ3) is 2.15. The highest BCUT2D eigenvalue weighted by Gasteiger charge is 2.33. The molecule has 1 heterocycles. The van der Waals surface area contributed by atoms with Crippen LogP contribution in [-0.2, 0) is 12.8 Å². The fraction of sp³-hybridized carbons (Fsp3) is 0.727. The molecule has 0 unspecified atom stereocenters. The van der Waals surface area contributed by atoms with Gasteiger partial charge in [0.1, 0.15) is 0 Å².